The molecular formula is C30H39N3O4. The molecule has 2 bridgehead atoms. The van der Waals surface area contributed by atoms with Crippen LogP contribution in [0.1, 0.15) is 44.6 Å². The van der Waals surface area contributed by atoms with Crippen molar-refractivity contribution in [2.45, 2.75) is 45.6 Å². The number of benzene rings is 1. The molecule has 1 aromatic heterocycles. The summed E-state index contributed by atoms with van der Waals surface area (Å²) in [5.74, 6) is 4.69. The van der Waals surface area contributed by atoms with E-state index in [1.54, 1.807) is 14.2 Å². The minimum Gasteiger partial charge on any atom is -0.496 e. The fourth-order valence-corrected chi connectivity index (χ4v) is 7.32. The molecule has 3 unspecified atom stereocenters. The van der Waals surface area contributed by atoms with Gasteiger partial charge in [0.25, 0.3) is 0 Å². The van der Waals surface area contributed by atoms with E-state index in [9.17, 15) is 4.79 Å². The predicted molar refractivity (Wildman–Crippen MR) is 144 cm³/mol. The second-order valence-corrected chi connectivity index (χ2v) is 11.2. The summed E-state index contributed by atoms with van der Waals surface area (Å²) in [6, 6.07) is 6.08. The minimum atomic E-state index is -0.0738. The summed E-state index contributed by atoms with van der Waals surface area (Å²) in [6.45, 7) is 5.64. The highest BCUT2D eigenvalue weighted by Gasteiger charge is 2.62. The van der Waals surface area contributed by atoms with Crippen molar-refractivity contribution in [1.29, 1.82) is 0 Å². The highest BCUT2D eigenvalue weighted by atomic mass is 16.5. The van der Waals surface area contributed by atoms with Crippen molar-refractivity contribution in [3.8, 4) is 11.5 Å². The van der Waals surface area contributed by atoms with Crippen molar-refractivity contribution in [2.75, 3.05) is 45.4 Å². The Morgan fingerprint density at radius 2 is 1.89 bits per heavy atom. The topological polar surface area (TPSA) is 72.9 Å². The zero-order valence-electron chi connectivity index (χ0n) is 22.3. The van der Waals surface area contributed by atoms with Gasteiger partial charge in [0.2, 0.25) is 0 Å². The van der Waals surface area contributed by atoms with Crippen LogP contribution in [0.2, 0.25) is 0 Å². The van der Waals surface area contributed by atoms with Gasteiger partial charge in [-0.3, -0.25) is 4.79 Å². The van der Waals surface area contributed by atoms with E-state index in [0.717, 1.165) is 90.6 Å². The van der Waals surface area contributed by atoms with Crippen LogP contribution in [0.3, 0.4) is 0 Å². The monoisotopic (exact) mass is 505 g/mol. The fourth-order valence-electron chi connectivity index (χ4n) is 7.32. The zero-order valence-corrected chi connectivity index (χ0v) is 22.3. The number of carbonyl (C=O) groups is 1. The van der Waals surface area contributed by atoms with E-state index in [1.807, 2.05) is 19.1 Å². The fraction of sp³-hybridized carbons (Fsp3) is 0.600. The summed E-state index contributed by atoms with van der Waals surface area (Å²) < 4.78 is 16.6. The quantitative estimate of drug-likeness (QED) is 0.390. The van der Waals surface area contributed by atoms with Crippen LogP contribution in [0.15, 0.2) is 30.4 Å². The zero-order chi connectivity index (χ0) is 25.6. The van der Waals surface area contributed by atoms with Crippen molar-refractivity contribution in [1.82, 2.24) is 10.3 Å². The number of ether oxygens (including phenoxy) is 3. The number of esters is 1. The van der Waals surface area contributed by atoms with E-state index in [4.69, 9.17) is 19.2 Å². The maximum atomic E-state index is 12.3. The van der Waals surface area contributed by atoms with E-state index >= 15 is 0 Å². The standard InChI is InChI=1S/C30H39N3O4/c1-4-37-29(34)19-9-13-33(14-10-19)28-21(16-23-25(35-2)7-8-26(36-3)27(23)32-28)18-31-17-20-15-22-5-6-24(20)30(22)11-12-30/h5-8,16,19-20,22,24,31H,4,9-15,17-18H2,1-3H3. The third kappa shape index (κ3) is 4.25. The van der Waals surface area contributed by atoms with Crippen molar-refractivity contribution in [2.24, 2.45) is 29.1 Å². The van der Waals surface area contributed by atoms with Gasteiger partial charge in [-0.1, -0.05) is 12.2 Å². The summed E-state index contributed by atoms with van der Waals surface area (Å²) in [4.78, 5) is 19.8. The molecule has 2 saturated carbocycles. The molecule has 4 aliphatic rings. The molecule has 0 radical (unpaired) electrons. The van der Waals surface area contributed by atoms with Gasteiger partial charge in [0.1, 0.15) is 22.8 Å². The first-order valence-corrected chi connectivity index (χ1v) is 13.9. The Hall–Kier alpha value is -2.80. The summed E-state index contributed by atoms with van der Waals surface area (Å²) in [5.41, 5.74) is 2.59. The number of methoxy groups -OCH3 is 2. The summed E-state index contributed by atoms with van der Waals surface area (Å²) >= 11 is 0. The average molecular weight is 506 g/mol. The smallest absolute Gasteiger partial charge is 0.309 e. The van der Waals surface area contributed by atoms with Gasteiger partial charge in [-0.2, -0.15) is 0 Å². The van der Waals surface area contributed by atoms with Gasteiger partial charge in [0.05, 0.1) is 26.7 Å². The molecule has 0 amide bonds. The highest BCUT2D eigenvalue weighted by molar-refractivity contribution is 5.92. The molecule has 7 heteroatoms. The lowest BCUT2D eigenvalue weighted by Gasteiger charge is -2.33. The lowest BCUT2D eigenvalue weighted by molar-refractivity contribution is -0.148. The van der Waals surface area contributed by atoms with Crippen LogP contribution in [-0.4, -0.2) is 51.4 Å². The summed E-state index contributed by atoms with van der Waals surface area (Å²) in [6.07, 6.45) is 10.7. The van der Waals surface area contributed by atoms with E-state index in [1.165, 1.54) is 19.3 Å². The Morgan fingerprint density at radius 3 is 2.57 bits per heavy atom. The van der Waals surface area contributed by atoms with Crippen molar-refractivity contribution in [3.05, 3.63) is 35.9 Å². The van der Waals surface area contributed by atoms with Crippen molar-refractivity contribution >= 4 is 22.7 Å². The number of anilines is 1. The summed E-state index contributed by atoms with van der Waals surface area (Å²) in [5, 5.41) is 4.76. The third-order valence-electron chi connectivity index (χ3n) is 9.38. The Bertz CT molecular complexity index is 1200. The average Bonchev–Trinajstić information content (AvgIpc) is 3.60. The number of pyridine rings is 1. The molecule has 1 spiro atoms. The number of fused-ring (bicyclic) bond motifs is 1. The molecule has 1 aliphatic heterocycles. The lowest BCUT2D eigenvalue weighted by atomic mass is 9.89. The second kappa shape index (κ2) is 9.82. The van der Waals surface area contributed by atoms with Gasteiger partial charge in [-0.05, 0) is 86.9 Å². The lowest BCUT2D eigenvalue weighted by Crippen LogP contribution is -2.38. The second-order valence-electron chi connectivity index (χ2n) is 11.2. The first-order valence-electron chi connectivity index (χ1n) is 13.9. The number of carbonyl (C=O) groups excluding carboxylic acids is 1. The number of nitrogens with zero attached hydrogens (tertiary/aromatic N) is 2. The Labute approximate surface area is 219 Å². The Kier molecular flexibility index (Phi) is 6.51. The molecule has 37 heavy (non-hydrogen) atoms. The first-order chi connectivity index (χ1) is 18.1. The number of allylic oxidation sites excluding steroid dienone is 2. The third-order valence-corrected chi connectivity index (χ3v) is 9.38. The van der Waals surface area contributed by atoms with Crippen LogP contribution in [0.4, 0.5) is 5.82 Å². The van der Waals surface area contributed by atoms with Gasteiger partial charge in [-0.25, -0.2) is 4.98 Å². The van der Waals surface area contributed by atoms with Gasteiger partial charge < -0.3 is 24.4 Å². The molecule has 3 atom stereocenters. The number of hydrogen-bond acceptors (Lipinski definition) is 7. The van der Waals surface area contributed by atoms with Crippen LogP contribution in [0.5, 0.6) is 11.5 Å². The molecule has 6 rings (SSSR count). The van der Waals surface area contributed by atoms with E-state index < -0.39 is 0 Å². The van der Waals surface area contributed by atoms with Gasteiger partial charge in [0.15, 0.2) is 0 Å². The van der Waals surface area contributed by atoms with E-state index in [-0.39, 0.29) is 11.9 Å². The van der Waals surface area contributed by atoms with Crippen LogP contribution in [0, 0.1) is 29.1 Å². The number of aromatic nitrogens is 1. The molecule has 1 aromatic carbocycles. The summed E-state index contributed by atoms with van der Waals surface area (Å²) in [7, 11) is 3.38. The van der Waals surface area contributed by atoms with E-state index in [0.29, 0.717) is 12.0 Å². The molecule has 2 heterocycles. The molecule has 1 N–H and O–H groups in total. The van der Waals surface area contributed by atoms with E-state index in [2.05, 4.69) is 28.4 Å². The number of piperidine rings is 1. The Balaban J connectivity index is 1.24. The van der Waals surface area contributed by atoms with Gasteiger partial charge >= 0.3 is 5.97 Å². The van der Waals surface area contributed by atoms with Crippen LogP contribution >= 0.6 is 0 Å². The number of rotatable bonds is 9. The SMILES string of the molecule is CCOC(=O)C1CCN(c2nc3c(OC)ccc(OC)c3cc2CNCC2CC3C=CC2C32CC2)CC1. The van der Waals surface area contributed by atoms with Crippen molar-refractivity contribution < 1.29 is 19.0 Å². The molecule has 1 saturated heterocycles. The largest absolute Gasteiger partial charge is 0.496 e. The first kappa shape index (κ1) is 24.5. The molecule has 7 nitrogen and oxygen atoms in total. The van der Waals surface area contributed by atoms with Crippen LogP contribution in [-0.2, 0) is 16.1 Å². The van der Waals surface area contributed by atoms with Crippen LogP contribution < -0.4 is 19.7 Å². The normalized spacial score (nSPS) is 25.7. The maximum Gasteiger partial charge on any atom is 0.309 e. The predicted octanol–water partition coefficient (Wildman–Crippen LogP) is 4.72. The molecule has 3 aliphatic carbocycles. The maximum absolute atomic E-state index is 12.3. The molecule has 2 aromatic rings. The molecular weight excluding hydrogens is 466 g/mol. The van der Waals surface area contributed by atoms with Crippen molar-refractivity contribution in [3.63, 3.8) is 0 Å². The molecule has 198 valence electrons. The number of hydrogen-bond donors (Lipinski definition) is 1. The minimum absolute atomic E-state index is 0.0338. The highest BCUT2D eigenvalue weighted by Crippen LogP contribution is 2.69. The number of nitrogens with one attached hydrogen (secondary N) is 1. The van der Waals surface area contributed by atoms with Crippen LogP contribution in [0.25, 0.3) is 10.9 Å². The Morgan fingerprint density at radius 1 is 1.14 bits per heavy atom. The molecule has 3 fully saturated rings. The van der Waals surface area contributed by atoms with Gasteiger partial charge in [-0.15, -0.1) is 0 Å². The van der Waals surface area contributed by atoms with Gasteiger partial charge in [0, 0.05) is 30.6 Å².